The molecule has 1 atom stereocenters. The zero-order valence-corrected chi connectivity index (χ0v) is 11.6. The maximum Gasteiger partial charge on any atom is 0.419 e. The van der Waals surface area contributed by atoms with Gasteiger partial charge in [0.2, 0.25) is 5.88 Å². The number of para-hydroxylation sites is 1. The van der Waals surface area contributed by atoms with E-state index in [2.05, 4.69) is 10.3 Å². The largest absolute Gasteiger partial charge is 0.438 e. The lowest BCUT2D eigenvalue weighted by molar-refractivity contribution is -0.138. The molecule has 0 saturated carbocycles. The van der Waals surface area contributed by atoms with Crippen LogP contribution < -0.4 is 10.1 Å². The number of alkyl halides is 3. The molecule has 1 aromatic heterocycles. The van der Waals surface area contributed by atoms with Crippen molar-refractivity contribution in [3.63, 3.8) is 0 Å². The number of benzene rings is 1. The molecule has 0 radical (unpaired) electrons. The van der Waals surface area contributed by atoms with Crippen molar-refractivity contribution in [2.45, 2.75) is 19.1 Å². The monoisotopic (exact) mass is 296 g/mol. The van der Waals surface area contributed by atoms with Gasteiger partial charge in [-0.1, -0.05) is 18.2 Å². The summed E-state index contributed by atoms with van der Waals surface area (Å²) in [6, 6.07) is 8.48. The highest BCUT2D eigenvalue weighted by atomic mass is 19.4. The molecule has 1 aromatic carbocycles. The summed E-state index contributed by atoms with van der Waals surface area (Å²) in [7, 11) is 1.81. The first kappa shape index (κ1) is 15.3. The van der Waals surface area contributed by atoms with Gasteiger partial charge in [0.1, 0.15) is 5.75 Å². The Bertz CT molecular complexity index is 597. The molecule has 0 amide bonds. The van der Waals surface area contributed by atoms with Crippen molar-refractivity contribution >= 4 is 0 Å². The second-order valence-electron chi connectivity index (χ2n) is 4.54. The van der Waals surface area contributed by atoms with Gasteiger partial charge in [-0.05, 0) is 31.7 Å². The Kier molecular flexibility index (Phi) is 4.47. The third kappa shape index (κ3) is 3.72. The molecular weight excluding hydrogens is 281 g/mol. The average molecular weight is 296 g/mol. The van der Waals surface area contributed by atoms with Crippen molar-refractivity contribution in [1.82, 2.24) is 10.3 Å². The molecule has 0 aliphatic rings. The molecule has 0 aliphatic carbocycles. The molecule has 1 unspecified atom stereocenters. The summed E-state index contributed by atoms with van der Waals surface area (Å²) in [5, 5.41) is 3.05. The number of hydrogen-bond acceptors (Lipinski definition) is 3. The lowest BCUT2D eigenvalue weighted by atomic mass is 10.1. The zero-order valence-electron chi connectivity index (χ0n) is 11.6. The standard InChI is InChI=1S/C15H15F3N2O/c1-10(19-2)11-7-8-14(20-9-11)21-13-6-4-3-5-12(13)15(16,17)18/h3-10,19H,1-2H3. The normalized spacial score (nSPS) is 13.0. The summed E-state index contributed by atoms with van der Waals surface area (Å²) >= 11 is 0. The summed E-state index contributed by atoms with van der Waals surface area (Å²) in [4.78, 5) is 4.04. The minimum Gasteiger partial charge on any atom is -0.438 e. The first-order valence-corrected chi connectivity index (χ1v) is 6.39. The van der Waals surface area contributed by atoms with Gasteiger partial charge in [0.15, 0.2) is 0 Å². The van der Waals surface area contributed by atoms with E-state index in [4.69, 9.17) is 4.74 Å². The van der Waals surface area contributed by atoms with E-state index in [1.165, 1.54) is 18.2 Å². The second-order valence-corrected chi connectivity index (χ2v) is 4.54. The molecule has 0 fully saturated rings. The molecule has 2 aromatic rings. The Morgan fingerprint density at radius 3 is 2.43 bits per heavy atom. The van der Waals surface area contributed by atoms with Crippen LogP contribution in [0.3, 0.4) is 0 Å². The number of nitrogens with one attached hydrogen (secondary N) is 1. The molecule has 2 rings (SSSR count). The number of halogens is 3. The maximum absolute atomic E-state index is 12.9. The van der Waals surface area contributed by atoms with Crippen LogP contribution in [0.4, 0.5) is 13.2 Å². The van der Waals surface area contributed by atoms with Crippen LogP contribution in [0.1, 0.15) is 24.1 Å². The molecule has 3 nitrogen and oxygen atoms in total. The van der Waals surface area contributed by atoms with Gasteiger partial charge in [0.05, 0.1) is 5.56 Å². The van der Waals surface area contributed by atoms with Gasteiger partial charge in [-0.15, -0.1) is 0 Å². The number of aromatic nitrogens is 1. The molecule has 1 N–H and O–H groups in total. The molecule has 6 heteroatoms. The third-order valence-corrected chi connectivity index (χ3v) is 3.10. The van der Waals surface area contributed by atoms with Crippen molar-refractivity contribution in [2.24, 2.45) is 0 Å². The van der Waals surface area contributed by atoms with Crippen LogP contribution in [0.15, 0.2) is 42.6 Å². The fourth-order valence-corrected chi connectivity index (χ4v) is 1.78. The van der Waals surface area contributed by atoms with Crippen LogP contribution in [0.25, 0.3) is 0 Å². The van der Waals surface area contributed by atoms with Crippen molar-refractivity contribution in [2.75, 3.05) is 7.05 Å². The summed E-state index contributed by atoms with van der Waals surface area (Å²) in [5.41, 5.74) is 0.105. The quantitative estimate of drug-likeness (QED) is 0.919. The van der Waals surface area contributed by atoms with E-state index < -0.39 is 11.7 Å². The number of ether oxygens (including phenoxy) is 1. The summed E-state index contributed by atoms with van der Waals surface area (Å²) < 4.78 is 43.8. The van der Waals surface area contributed by atoms with Gasteiger partial charge in [-0.25, -0.2) is 4.98 Å². The topological polar surface area (TPSA) is 34.1 Å². The van der Waals surface area contributed by atoms with Crippen molar-refractivity contribution in [3.8, 4) is 11.6 Å². The predicted octanol–water partition coefficient (Wildman–Crippen LogP) is 4.17. The zero-order chi connectivity index (χ0) is 15.5. The van der Waals surface area contributed by atoms with Crippen LogP contribution in [0.2, 0.25) is 0 Å². The summed E-state index contributed by atoms with van der Waals surface area (Å²) in [6.07, 6.45) is -2.89. The van der Waals surface area contributed by atoms with Gasteiger partial charge in [0, 0.05) is 18.3 Å². The highest BCUT2D eigenvalue weighted by Gasteiger charge is 2.34. The van der Waals surface area contributed by atoms with Crippen LogP contribution in [-0.2, 0) is 6.18 Å². The van der Waals surface area contributed by atoms with E-state index in [1.807, 2.05) is 14.0 Å². The van der Waals surface area contributed by atoms with Crippen molar-refractivity contribution < 1.29 is 17.9 Å². The highest BCUT2D eigenvalue weighted by molar-refractivity contribution is 5.38. The Labute approximate surface area is 120 Å². The van der Waals surface area contributed by atoms with E-state index in [0.29, 0.717) is 0 Å². The Morgan fingerprint density at radius 2 is 1.86 bits per heavy atom. The predicted molar refractivity (Wildman–Crippen MR) is 73.2 cm³/mol. The minimum absolute atomic E-state index is 0.106. The Balaban J connectivity index is 2.23. The molecular formula is C15H15F3N2O. The Hall–Kier alpha value is -2.08. The molecule has 1 heterocycles. The molecule has 0 saturated heterocycles. The average Bonchev–Trinajstić information content (AvgIpc) is 2.47. The number of nitrogens with zero attached hydrogens (tertiary/aromatic N) is 1. The minimum atomic E-state index is -4.46. The molecule has 112 valence electrons. The van der Waals surface area contributed by atoms with Crippen LogP contribution in [0, 0.1) is 0 Å². The van der Waals surface area contributed by atoms with E-state index >= 15 is 0 Å². The first-order valence-electron chi connectivity index (χ1n) is 6.39. The van der Waals surface area contributed by atoms with Crippen LogP contribution >= 0.6 is 0 Å². The SMILES string of the molecule is CNC(C)c1ccc(Oc2ccccc2C(F)(F)F)nc1. The maximum atomic E-state index is 12.9. The Morgan fingerprint density at radius 1 is 1.14 bits per heavy atom. The molecule has 0 aliphatic heterocycles. The van der Waals surface area contributed by atoms with Crippen LogP contribution in [-0.4, -0.2) is 12.0 Å². The molecule has 0 spiro atoms. The smallest absolute Gasteiger partial charge is 0.419 e. The lowest BCUT2D eigenvalue weighted by Crippen LogP contribution is -2.12. The van der Waals surface area contributed by atoms with E-state index in [9.17, 15) is 13.2 Å². The van der Waals surface area contributed by atoms with E-state index in [-0.39, 0.29) is 17.7 Å². The van der Waals surface area contributed by atoms with Crippen molar-refractivity contribution in [1.29, 1.82) is 0 Å². The summed E-state index contributed by atoms with van der Waals surface area (Å²) in [6.45, 7) is 1.95. The number of rotatable bonds is 4. The van der Waals surface area contributed by atoms with Gasteiger partial charge >= 0.3 is 6.18 Å². The van der Waals surface area contributed by atoms with E-state index in [0.717, 1.165) is 11.6 Å². The van der Waals surface area contributed by atoms with Gasteiger partial charge in [-0.3, -0.25) is 0 Å². The highest BCUT2D eigenvalue weighted by Crippen LogP contribution is 2.37. The van der Waals surface area contributed by atoms with Gasteiger partial charge < -0.3 is 10.1 Å². The molecule has 21 heavy (non-hydrogen) atoms. The fourth-order valence-electron chi connectivity index (χ4n) is 1.78. The third-order valence-electron chi connectivity index (χ3n) is 3.10. The number of pyridine rings is 1. The van der Waals surface area contributed by atoms with Gasteiger partial charge in [-0.2, -0.15) is 13.2 Å². The van der Waals surface area contributed by atoms with Crippen molar-refractivity contribution in [3.05, 3.63) is 53.7 Å². The second kappa shape index (κ2) is 6.13. The molecule has 0 bridgehead atoms. The summed E-state index contributed by atoms with van der Waals surface area (Å²) in [5.74, 6) is -0.134. The first-order chi connectivity index (χ1) is 9.91. The van der Waals surface area contributed by atoms with Gasteiger partial charge in [0.25, 0.3) is 0 Å². The van der Waals surface area contributed by atoms with Crippen LogP contribution in [0.5, 0.6) is 11.6 Å². The lowest BCUT2D eigenvalue weighted by Gasteiger charge is -2.14. The number of hydrogen-bond donors (Lipinski definition) is 1. The van der Waals surface area contributed by atoms with E-state index in [1.54, 1.807) is 18.3 Å². The fraction of sp³-hybridized carbons (Fsp3) is 0.267.